The van der Waals surface area contributed by atoms with Crippen LogP contribution in [-0.2, 0) is 20.7 Å². The van der Waals surface area contributed by atoms with Gasteiger partial charge in [-0.2, -0.15) is 0 Å². The van der Waals surface area contributed by atoms with E-state index in [1.807, 2.05) is 6.07 Å². The van der Waals surface area contributed by atoms with Gasteiger partial charge in [-0.1, -0.05) is 12.8 Å². The number of amides is 2. The molecule has 1 fully saturated rings. The molecule has 1 aliphatic heterocycles. The fourth-order valence-electron chi connectivity index (χ4n) is 3.71. The van der Waals surface area contributed by atoms with Crippen LogP contribution in [0, 0.1) is 5.92 Å². The Kier molecular flexibility index (Phi) is 5.85. The molecule has 1 aliphatic carbocycles. The van der Waals surface area contributed by atoms with Crippen LogP contribution in [0.5, 0.6) is 0 Å². The molecule has 0 unspecified atom stereocenters. The lowest BCUT2D eigenvalue weighted by atomic mass is 9.89. The van der Waals surface area contributed by atoms with Gasteiger partial charge in [0.15, 0.2) is 0 Å². The zero-order valence-electron chi connectivity index (χ0n) is 15.0. The summed E-state index contributed by atoms with van der Waals surface area (Å²) in [5.74, 6) is 0.239. The van der Waals surface area contributed by atoms with Crippen molar-refractivity contribution in [1.29, 1.82) is 0 Å². The molecule has 2 aliphatic rings. The molecular formula is C19H25N3O4. The normalized spacial score (nSPS) is 23.0. The molecule has 1 saturated carbocycles. The largest absolute Gasteiger partial charge is 0.469 e. The van der Waals surface area contributed by atoms with Gasteiger partial charge >= 0.3 is 5.97 Å². The molecule has 1 aromatic rings. The predicted molar refractivity (Wildman–Crippen MR) is 95.6 cm³/mol. The van der Waals surface area contributed by atoms with Gasteiger partial charge in [0.25, 0.3) is 5.91 Å². The highest BCUT2D eigenvalue weighted by Crippen LogP contribution is 2.24. The van der Waals surface area contributed by atoms with Crippen LogP contribution < -0.4 is 10.6 Å². The van der Waals surface area contributed by atoms with E-state index in [4.69, 9.17) is 4.74 Å². The van der Waals surface area contributed by atoms with Gasteiger partial charge in [0.05, 0.1) is 18.6 Å². The molecule has 140 valence electrons. The minimum atomic E-state index is -0.132. The monoisotopic (exact) mass is 359 g/mol. The number of nitrogens with zero attached hydrogens (tertiary/aromatic N) is 1. The first-order valence-corrected chi connectivity index (χ1v) is 9.24. The quantitative estimate of drug-likeness (QED) is 0.807. The van der Waals surface area contributed by atoms with E-state index in [0.717, 1.165) is 44.1 Å². The van der Waals surface area contributed by atoms with Gasteiger partial charge in [-0.15, -0.1) is 0 Å². The second-order valence-corrected chi connectivity index (χ2v) is 7.03. The number of methoxy groups -OCH3 is 1. The first-order valence-electron chi connectivity index (χ1n) is 9.24. The van der Waals surface area contributed by atoms with E-state index < -0.39 is 0 Å². The van der Waals surface area contributed by atoms with Crippen molar-refractivity contribution in [2.45, 2.75) is 57.4 Å². The fourth-order valence-corrected chi connectivity index (χ4v) is 3.71. The van der Waals surface area contributed by atoms with Crippen molar-refractivity contribution in [3.8, 4) is 0 Å². The summed E-state index contributed by atoms with van der Waals surface area (Å²) >= 11 is 0. The van der Waals surface area contributed by atoms with Gasteiger partial charge in [0, 0.05) is 18.7 Å². The number of carbonyl (C=O) groups excluding carboxylic acids is 3. The number of esters is 1. The third-order valence-corrected chi connectivity index (χ3v) is 5.19. The molecule has 0 atom stereocenters. The molecule has 3 rings (SSSR count). The van der Waals surface area contributed by atoms with Crippen molar-refractivity contribution < 1.29 is 19.1 Å². The first-order chi connectivity index (χ1) is 12.6. The SMILES string of the molecule is COC(=O)C1CCCC(NC(=O)c2cnc3c(c2)CCC(=O)N3)CCC1. The Morgan fingerprint density at radius 3 is 2.62 bits per heavy atom. The number of carbonyl (C=O) groups is 3. The number of hydrogen-bond acceptors (Lipinski definition) is 5. The fraction of sp³-hybridized carbons (Fsp3) is 0.579. The number of hydrogen-bond donors (Lipinski definition) is 2. The summed E-state index contributed by atoms with van der Waals surface area (Å²) < 4.78 is 4.85. The Morgan fingerprint density at radius 1 is 1.19 bits per heavy atom. The number of anilines is 1. The molecule has 7 heteroatoms. The van der Waals surface area contributed by atoms with Gasteiger partial charge in [-0.25, -0.2) is 4.98 Å². The highest BCUT2D eigenvalue weighted by atomic mass is 16.5. The second kappa shape index (κ2) is 8.29. The van der Waals surface area contributed by atoms with Crippen LogP contribution in [0.1, 0.15) is 60.9 Å². The molecule has 0 spiro atoms. The van der Waals surface area contributed by atoms with Crippen LogP contribution in [-0.4, -0.2) is 35.9 Å². The lowest BCUT2D eigenvalue weighted by Gasteiger charge is -2.24. The summed E-state index contributed by atoms with van der Waals surface area (Å²) in [6.45, 7) is 0. The van der Waals surface area contributed by atoms with Gasteiger partial charge in [-0.3, -0.25) is 14.4 Å². The summed E-state index contributed by atoms with van der Waals surface area (Å²) in [5, 5.41) is 5.82. The average Bonchev–Trinajstić information content (AvgIpc) is 2.62. The number of aryl methyl sites for hydroxylation is 1. The molecular weight excluding hydrogens is 334 g/mol. The number of fused-ring (bicyclic) bond motifs is 1. The third-order valence-electron chi connectivity index (χ3n) is 5.19. The highest BCUT2D eigenvalue weighted by molar-refractivity contribution is 5.96. The van der Waals surface area contributed by atoms with E-state index in [-0.39, 0.29) is 29.7 Å². The maximum atomic E-state index is 12.6. The van der Waals surface area contributed by atoms with Crippen molar-refractivity contribution in [3.63, 3.8) is 0 Å². The Balaban J connectivity index is 1.57. The maximum absolute atomic E-state index is 12.6. The van der Waals surface area contributed by atoms with Gasteiger partial charge in [0.2, 0.25) is 5.91 Å². The van der Waals surface area contributed by atoms with Crippen molar-refractivity contribution in [2.75, 3.05) is 12.4 Å². The second-order valence-electron chi connectivity index (χ2n) is 7.03. The van der Waals surface area contributed by atoms with E-state index in [1.54, 1.807) is 0 Å². The third kappa shape index (κ3) is 4.39. The molecule has 7 nitrogen and oxygen atoms in total. The van der Waals surface area contributed by atoms with Gasteiger partial charge in [0.1, 0.15) is 5.82 Å². The summed E-state index contributed by atoms with van der Waals surface area (Å²) in [6.07, 6.45) is 7.63. The zero-order chi connectivity index (χ0) is 18.5. The first kappa shape index (κ1) is 18.4. The van der Waals surface area contributed by atoms with Gasteiger partial charge < -0.3 is 15.4 Å². The minimum Gasteiger partial charge on any atom is -0.469 e. The Hall–Kier alpha value is -2.44. The molecule has 0 aromatic carbocycles. The van der Waals surface area contributed by atoms with Crippen LogP contribution >= 0.6 is 0 Å². The lowest BCUT2D eigenvalue weighted by molar-refractivity contribution is -0.146. The van der Waals surface area contributed by atoms with Crippen molar-refractivity contribution >= 4 is 23.6 Å². The summed E-state index contributed by atoms with van der Waals surface area (Å²) in [5.41, 5.74) is 1.42. The summed E-state index contributed by atoms with van der Waals surface area (Å²) in [7, 11) is 1.43. The highest BCUT2D eigenvalue weighted by Gasteiger charge is 2.24. The van der Waals surface area contributed by atoms with Crippen LogP contribution in [0.15, 0.2) is 12.3 Å². The zero-order valence-corrected chi connectivity index (χ0v) is 15.0. The smallest absolute Gasteiger partial charge is 0.308 e. The average molecular weight is 359 g/mol. The minimum absolute atomic E-state index is 0.0169. The molecule has 2 N–H and O–H groups in total. The Labute approximate surface area is 152 Å². The van der Waals surface area contributed by atoms with Crippen molar-refractivity contribution in [3.05, 3.63) is 23.4 Å². The molecule has 2 heterocycles. The number of nitrogens with one attached hydrogen (secondary N) is 2. The van der Waals surface area contributed by atoms with Crippen molar-refractivity contribution in [2.24, 2.45) is 5.92 Å². The van der Waals surface area contributed by atoms with Gasteiger partial charge in [-0.05, 0) is 43.7 Å². The molecule has 0 bridgehead atoms. The van der Waals surface area contributed by atoms with E-state index in [1.165, 1.54) is 13.3 Å². The number of aromatic nitrogens is 1. The van der Waals surface area contributed by atoms with Crippen molar-refractivity contribution in [1.82, 2.24) is 10.3 Å². The molecule has 0 radical (unpaired) electrons. The van der Waals surface area contributed by atoms with Crippen LogP contribution in [0.3, 0.4) is 0 Å². The van der Waals surface area contributed by atoms with E-state index in [2.05, 4.69) is 15.6 Å². The molecule has 2 amide bonds. The topological polar surface area (TPSA) is 97.4 Å². The lowest BCUT2D eigenvalue weighted by Crippen LogP contribution is -2.36. The summed E-state index contributed by atoms with van der Waals surface area (Å²) in [4.78, 5) is 39.9. The standard InChI is InChI=1S/C19H25N3O4/c1-26-19(25)12-4-2-6-15(7-3-5-12)21-18(24)14-10-13-8-9-16(23)22-17(13)20-11-14/h10-12,15H,2-9H2,1H3,(H,21,24)(H,20,22,23). The Bertz CT molecular complexity index is 694. The number of ether oxygens (including phenoxy) is 1. The number of rotatable bonds is 3. The van der Waals surface area contributed by atoms with E-state index in [9.17, 15) is 14.4 Å². The van der Waals surface area contributed by atoms with E-state index in [0.29, 0.717) is 24.2 Å². The predicted octanol–water partition coefficient (Wildman–Crippen LogP) is 2.21. The van der Waals surface area contributed by atoms with Crippen LogP contribution in [0.4, 0.5) is 5.82 Å². The molecule has 0 saturated heterocycles. The molecule has 26 heavy (non-hydrogen) atoms. The molecule has 1 aromatic heterocycles. The Morgan fingerprint density at radius 2 is 1.92 bits per heavy atom. The van der Waals surface area contributed by atoms with Crippen LogP contribution in [0.25, 0.3) is 0 Å². The number of pyridine rings is 1. The maximum Gasteiger partial charge on any atom is 0.308 e. The summed E-state index contributed by atoms with van der Waals surface area (Å²) in [6, 6.07) is 1.92. The van der Waals surface area contributed by atoms with Crippen LogP contribution in [0.2, 0.25) is 0 Å². The van der Waals surface area contributed by atoms with E-state index >= 15 is 0 Å².